The minimum Gasteiger partial charge on any atom is -0.459 e. The highest BCUT2D eigenvalue weighted by molar-refractivity contribution is 6.76. The van der Waals surface area contributed by atoms with Gasteiger partial charge in [0.1, 0.15) is 12.7 Å². The lowest BCUT2D eigenvalue weighted by Crippen LogP contribution is -2.55. The number of benzene rings is 3. The zero-order valence-electron chi connectivity index (χ0n) is 21.3. The summed E-state index contributed by atoms with van der Waals surface area (Å²) in [6, 6.07) is 24.5. The van der Waals surface area contributed by atoms with Crippen molar-refractivity contribution in [1.82, 2.24) is 0 Å². The van der Waals surface area contributed by atoms with Crippen molar-refractivity contribution in [3.8, 4) is 0 Å². The van der Waals surface area contributed by atoms with Crippen molar-refractivity contribution in [3.63, 3.8) is 0 Å². The van der Waals surface area contributed by atoms with Crippen LogP contribution in [0.2, 0.25) is 0 Å². The number of rotatable bonds is 8. The van der Waals surface area contributed by atoms with E-state index >= 15 is 0 Å². The van der Waals surface area contributed by atoms with Crippen LogP contribution < -0.4 is 0 Å². The monoisotopic (exact) mass is 619 g/mol. The second kappa shape index (κ2) is 13.8. The Labute approximate surface area is 250 Å². The third kappa shape index (κ3) is 8.43. The number of nitrogens with one attached hydrogen (secondary N) is 1. The van der Waals surface area contributed by atoms with Gasteiger partial charge in [0.05, 0.1) is 22.8 Å². The lowest BCUT2D eigenvalue weighted by molar-refractivity contribution is -0.245. The first kappa shape index (κ1) is 30.3. The predicted molar refractivity (Wildman–Crippen MR) is 150 cm³/mol. The van der Waals surface area contributed by atoms with Gasteiger partial charge in [-0.05, 0) is 36.4 Å². The van der Waals surface area contributed by atoms with Gasteiger partial charge in [-0.25, -0.2) is 14.4 Å². The Kier molecular flexibility index (Phi) is 10.2. The fourth-order valence-electron chi connectivity index (χ4n) is 3.89. The molecule has 4 rings (SSSR count). The first-order valence-electron chi connectivity index (χ1n) is 12.3. The number of ether oxygens (including phenoxy) is 5. The molecule has 3 aromatic rings. The summed E-state index contributed by atoms with van der Waals surface area (Å²) in [6.45, 7) is -0.284. The van der Waals surface area contributed by atoms with Gasteiger partial charge in [0, 0.05) is 6.42 Å². The van der Waals surface area contributed by atoms with Crippen LogP contribution in [0.15, 0.2) is 91.0 Å². The summed E-state index contributed by atoms with van der Waals surface area (Å²) in [6.07, 6.45) is -5.12. The molecule has 0 spiro atoms. The Bertz CT molecular complexity index is 1350. The smallest absolute Gasteiger partial charge is 0.338 e. The van der Waals surface area contributed by atoms with Crippen molar-refractivity contribution in [2.75, 3.05) is 6.61 Å². The fourth-order valence-corrected chi connectivity index (χ4v) is 4.03. The Morgan fingerprint density at radius 2 is 1.20 bits per heavy atom. The lowest BCUT2D eigenvalue weighted by atomic mass is 10.0. The Balaban J connectivity index is 1.60. The second-order valence-corrected chi connectivity index (χ2v) is 11.1. The number of hydrogen-bond donors (Lipinski definition) is 1. The average molecular weight is 621 g/mol. The van der Waals surface area contributed by atoms with Crippen LogP contribution >= 0.6 is 34.8 Å². The van der Waals surface area contributed by atoms with Gasteiger partial charge in [0.15, 0.2) is 0 Å². The van der Waals surface area contributed by atoms with E-state index in [-0.39, 0.29) is 24.2 Å². The Hall–Kier alpha value is -3.63. The van der Waals surface area contributed by atoms with E-state index in [4.69, 9.17) is 63.9 Å². The predicted octanol–water partition coefficient (Wildman–Crippen LogP) is 5.77. The van der Waals surface area contributed by atoms with E-state index in [1.54, 1.807) is 78.9 Å². The molecule has 0 amide bonds. The van der Waals surface area contributed by atoms with Crippen molar-refractivity contribution in [2.24, 2.45) is 0 Å². The molecular formula is C29H24Cl3NO8. The molecule has 0 unspecified atom stereocenters. The third-order valence-corrected chi connectivity index (χ3v) is 6.39. The first-order chi connectivity index (χ1) is 19.6. The van der Waals surface area contributed by atoms with Gasteiger partial charge >= 0.3 is 17.9 Å². The van der Waals surface area contributed by atoms with E-state index in [2.05, 4.69) is 0 Å². The number of carbonyl (C=O) groups is 3. The summed E-state index contributed by atoms with van der Waals surface area (Å²) < 4.78 is 26.0. The zero-order valence-corrected chi connectivity index (χ0v) is 23.6. The van der Waals surface area contributed by atoms with Gasteiger partial charge in [0.2, 0.25) is 18.3 Å². The molecule has 1 heterocycles. The maximum atomic E-state index is 13.0. The second-order valence-electron chi connectivity index (χ2n) is 8.82. The molecule has 0 bridgehead atoms. The highest BCUT2D eigenvalue weighted by atomic mass is 35.6. The molecule has 4 atom stereocenters. The van der Waals surface area contributed by atoms with Crippen LogP contribution in [0.5, 0.6) is 0 Å². The summed E-state index contributed by atoms with van der Waals surface area (Å²) in [7, 11) is 0. The topological polar surface area (TPSA) is 121 Å². The molecule has 1 aliphatic rings. The molecule has 1 fully saturated rings. The Morgan fingerprint density at radius 3 is 1.68 bits per heavy atom. The van der Waals surface area contributed by atoms with Gasteiger partial charge in [-0.3, -0.25) is 5.41 Å². The summed E-state index contributed by atoms with van der Waals surface area (Å²) in [5, 5.41) is 8.07. The maximum Gasteiger partial charge on any atom is 0.338 e. The van der Waals surface area contributed by atoms with Crippen molar-refractivity contribution < 1.29 is 38.1 Å². The van der Waals surface area contributed by atoms with E-state index in [0.717, 1.165) is 0 Å². The van der Waals surface area contributed by atoms with Crippen molar-refractivity contribution in [3.05, 3.63) is 108 Å². The summed E-state index contributed by atoms with van der Waals surface area (Å²) >= 11 is 17.5. The van der Waals surface area contributed by atoms with Crippen LogP contribution in [0.25, 0.3) is 0 Å². The van der Waals surface area contributed by atoms with Crippen LogP contribution in [0.1, 0.15) is 37.5 Å². The van der Waals surface area contributed by atoms with Gasteiger partial charge in [-0.2, -0.15) is 0 Å². The number of halogens is 3. The van der Waals surface area contributed by atoms with Crippen molar-refractivity contribution in [2.45, 2.75) is 34.8 Å². The first-order valence-corrected chi connectivity index (χ1v) is 13.5. The highest BCUT2D eigenvalue weighted by Crippen LogP contribution is 2.33. The standard InChI is InChI=1S/C29H24Cl3NO8/c30-29(31,32)28(33)41-27-23(40-26(36)20-14-8-3-9-15-20)22(39-25(35)19-12-6-2-7-13-19)16-21(38-27)17-37-24(34)18-10-4-1-5-11-18/h1-15,21-23,27,33H,16-17H2/t21-,22-,23+,27+/m0/s1. The molecule has 1 N–H and O–H groups in total. The van der Waals surface area contributed by atoms with E-state index < -0.39 is 52.2 Å². The molecular weight excluding hydrogens is 597 g/mol. The molecule has 0 aliphatic carbocycles. The molecule has 3 aromatic carbocycles. The van der Waals surface area contributed by atoms with Crippen LogP contribution in [0, 0.1) is 5.41 Å². The van der Waals surface area contributed by atoms with Crippen LogP contribution in [0.3, 0.4) is 0 Å². The fraction of sp³-hybridized carbons (Fsp3) is 0.241. The third-order valence-electron chi connectivity index (χ3n) is 5.88. The molecule has 214 valence electrons. The van der Waals surface area contributed by atoms with Crippen LogP contribution in [-0.2, 0) is 23.7 Å². The highest BCUT2D eigenvalue weighted by Gasteiger charge is 2.47. The lowest BCUT2D eigenvalue weighted by Gasteiger charge is -2.40. The molecule has 0 saturated carbocycles. The SMILES string of the molecule is N=C(O[C@H]1O[C@H](COC(=O)c2ccccc2)C[C@H](OC(=O)c2ccccc2)[C@H]1OC(=O)c1ccccc1)C(Cl)(Cl)Cl. The van der Waals surface area contributed by atoms with E-state index in [1.807, 2.05) is 0 Å². The zero-order chi connectivity index (χ0) is 29.4. The summed E-state index contributed by atoms with van der Waals surface area (Å²) in [4.78, 5) is 38.6. The molecule has 12 heteroatoms. The van der Waals surface area contributed by atoms with Gasteiger partial charge in [-0.1, -0.05) is 89.4 Å². The minimum atomic E-state index is -2.28. The number of esters is 3. The number of alkyl halides is 3. The van der Waals surface area contributed by atoms with E-state index in [1.165, 1.54) is 12.1 Å². The molecule has 0 radical (unpaired) electrons. The van der Waals surface area contributed by atoms with Crippen LogP contribution in [0.4, 0.5) is 0 Å². The average Bonchev–Trinajstić information content (AvgIpc) is 2.98. The largest absolute Gasteiger partial charge is 0.459 e. The quantitative estimate of drug-likeness (QED) is 0.111. The number of carbonyl (C=O) groups excluding carboxylic acids is 3. The van der Waals surface area contributed by atoms with Gasteiger partial charge in [-0.15, -0.1) is 0 Å². The Morgan fingerprint density at radius 1 is 0.732 bits per heavy atom. The molecule has 9 nitrogen and oxygen atoms in total. The number of hydrogen-bond acceptors (Lipinski definition) is 9. The molecule has 1 saturated heterocycles. The van der Waals surface area contributed by atoms with E-state index in [0.29, 0.717) is 5.56 Å². The molecule has 1 aliphatic heterocycles. The molecule has 0 aromatic heterocycles. The van der Waals surface area contributed by atoms with E-state index in [9.17, 15) is 14.4 Å². The van der Waals surface area contributed by atoms with Crippen molar-refractivity contribution in [1.29, 1.82) is 5.41 Å². The van der Waals surface area contributed by atoms with Gasteiger partial charge < -0.3 is 23.7 Å². The molecule has 41 heavy (non-hydrogen) atoms. The van der Waals surface area contributed by atoms with Crippen LogP contribution in [-0.4, -0.2) is 58.8 Å². The maximum absolute atomic E-state index is 13.0. The summed E-state index contributed by atoms with van der Waals surface area (Å²) in [5.41, 5.74) is 0.760. The van der Waals surface area contributed by atoms with Crippen molar-refractivity contribution >= 4 is 58.6 Å². The minimum absolute atomic E-state index is 0.0612. The normalized spacial score (nSPS) is 20.4. The van der Waals surface area contributed by atoms with Gasteiger partial charge in [0.25, 0.3) is 3.79 Å². The summed E-state index contributed by atoms with van der Waals surface area (Å²) in [5.74, 6) is -2.93.